The first-order chi connectivity index (χ1) is 9.77. The van der Waals surface area contributed by atoms with Gasteiger partial charge in [0.2, 0.25) is 0 Å². The average Bonchev–Trinajstić information content (AvgIpc) is 2.44. The number of nitro groups is 1. The molecule has 1 amide bonds. The van der Waals surface area contributed by atoms with Gasteiger partial charge in [0.15, 0.2) is 0 Å². The van der Waals surface area contributed by atoms with Gasteiger partial charge in [-0.3, -0.25) is 14.9 Å². The van der Waals surface area contributed by atoms with Gasteiger partial charge in [0.25, 0.3) is 11.6 Å². The Morgan fingerprint density at radius 2 is 1.95 bits per heavy atom. The van der Waals surface area contributed by atoms with Crippen molar-refractivity contribution < 1.29 is 19.6 Å². The third-order valence-corrected chi connectivity index (χ3v) is 3.47. The number of nitrogens with two attached hydrogens (primary N) is 1. The molecule has 1 aromatic rings. The van der Waals surface area contributed by atoms with E-state index in [1.165, 1.54) is 12.1 Å². The van der Waals surface area contributed by atoms with E-state index in [4.69, 9.17) is 5.73 Å². The van der Waals surface area contributed by atoms with Crippen molar-refractivity contribution in [2.75, 3.05) is 5.32 Å². The second kappa shape index (κ2) is 6.21. The Hall–Kier alpha value is -2.64. The molecule has 0 atom stereocenters. The Labute approximate surface area is 121 Å². The first kappa shape index (κ1) is 16.4. The maximum absolute atomic E-state index is 11.5. The number of nitro benzene ring substituents is 1. The van der Waals surface area contributed by atoms with E-state index in [9.17, 15) is 24.8 Å². The predicted molar refractivity (Wildman–Crippen MR) is 76.2 cm³/mol. The van der Waals surface area contributed by atoms with Gasteiger partial charge < -0.3 is 16.2 Å². The molecule has 8 nitrogen and oxygen atoms in total. The lowest BCUT2D eigenvalue weighted by molar-refractivity contribution is -0.384. The second-order valence-corrected chi connectivity index (χ2v) is 4.57. The number of hydrogen-bond acceptors (Lipinski definition) is 5. The van der Waals surface area contributed by atoms with Crippen LogP contribution in [0.15, 0.2) is 18.2 Å². The lowest BCUT2D eigenvalue weighted by Gasteiger charge is -2.30. The smallest absolute Gasteiger partial charge is 0.329 e. The van der Waals surface area contributed by atoms with Crippen LogP contribution in [0.5, 0.6) is 0 Å². The number of primary amides is 1. The van der Waals surface area contributed by atoms with Crippen LogP contribution >= 0.6 is 0 Å². The number of anilines is 1. The highest BCUT2D eigenvalue weighted by molar-refractivity contribution is 6.00. The SMILES string of the molecule is CCC(CC)(Nc1ccc([N+](=O)[O-])cc1C(N)=O)C(=O)O. The minimum Gasteiger partial charge on any atom is -0.480 e. The predicted octanol–water partition coefficient (Wildman–Crippen LogP) is 1.75. The topological polar surface area (TPSA) is 136 Å². The van der Waals surface area contributed by atoms with Crippen LogP contribution < -0.4 is 11.1 Å². The van der Waals surface area contributed by atoms with Crippen LogP contribution in [0.2, 0.25) is 0 Å². The molecule has 8 heteroatoms. The van der Waals surface area contributed by atoms with E-state index in [0.29, 0.717) is 0 Å². The van der Waals surface area contributed by atoms with Crippen molar-refractivity contribution >= 4 is 23.3 Å². The summed E-state index contributed by atoms with van der Waals surface area (Å²) in [6.45, 7) is 3.39. The van der Waals surface area contributed by atoms with Gasteiger partial charge >= 0.3 is 5.97 Å². The van der Waals surface area contributed by atoms with Crippen LogP contribution in [-0.2, 0) is 4.79 Å². The molecule has 114 valence electrons. The van der Waals surface area contributed by atoms with Crippen molar-refractivity contribution in [1.82, 2.24) is 0 Å². The molecule has 0 aliphatic heterocycles. The molecule has 0 saturated heterocycles. The molecule has 0 aromatic heterocycles. The number of aliphatic carboxylic acids is 1. The summed E-state index contributed by atoms with van der Waals surface area (Å²) >= 11 is 0. The summed E-state index contributed by atoms with van der Waals surface area (Å²) in [6.07, 6.45) is 0.544. The molecule has 0 fully saturated rings. The summed E-state index contributed by atoms with van der Waals surface area (Å²) in [5, 5.41) is 22.9. The number of carboxylic acids is 1. The van der Waals surface area contributed by atoms with Crippen molar-refractivity contribution in [2.45, 2.75) is 32.2 Å². The largest absolute Gasteiger partial charge is 0.480 e. The van der Waals surface area contributed by atoms with Crippen LogP contribution in [0.4, 0.5) is 11.4 Å². The number of rotatable bonds is 7. The Bertz CT molecular complexity index is 581. The highest BCUT2D eigenvalue weighted by atomic mass is 16.6. The van der Waals surface area contributed by atoms with Gasteiger partial charge in [0.05, 0.1) is 10.5 Å². The van der Waals surface area contributed by atoms with Crippen molar-refractivity contribution in [3.63, 3.8) is 0 Å². The van der Waals surface area contributed by atoms with Crippen molar-refractivity contribution in [1.29, 1.82) is 0 Å². The van der Waals surface area contributed by atoms with Crippen LogP contribution in [0.1, 0.15) is 37.0 Å². The number of hydrogen-bond donors (Lipinski definition) is 3. The molecule has 0 saturated carbocycles. The molecule has 0 radical (unpaired) electrons. The molecule has 0 aliphatic rings. The van der Waals surface area contributed by atoms with E-state index in [0.717, 1.165) is 6.07 Å². The van der Waals surface area contributed by atoms with Gasteiger partial charge in [-0.15, -0.1) is 0 Å². The van der Waals surface area contributed by atoms with Crippen LogP contribution in [-0.4, -0.2) is 27.4 Å². The fraction of sp³-hybridized carbons (Fsp3) is 0.385. The zero-order chi connectivity index (χ0) is 16.2. The van der Waals surface area contributed by atoms with Gasteiger partial charge in [0.1, 0.15) is 5.54 Å². The van der Waals surface area contributed by atoms with Crippen molar-refractivity contribution in [2.24, 2.45) is 5.73 Å². The number of carboxylic acid groups (broad SMARTS) is 1. The van der Waals surface area contributed by atoms with Gasteiger partial charge in [-0.25, -0.2) is 4.79 Å². The number of nitrogens with zero attached hydrogens (tertiary/aromatic N) is 1. The third kappa shape index (κ3) is 3.28. The Morgan fingerprint density at radius 3 is 2.33 bits per heavy atom. The quantitative estimate of drug-likeness (QED) is 0.518. The minimum absolute atomic E-state index is 0.114. The van der Waals surface area contributed by atoms with E-state index < -0.39 is 22.3 Å². The normalized spacial score (nSPS) is 11.0. The monoisotopic (exact) mass is 295 g/mol. The lowest BCUT2D eigenvalue weighted by Crippen LogP contribution is -2.45. The second-order valence-electron chi connectivity index (χ2n) is 4.57. The molecule has 0 heterocycles. The highest BCUT2D eigenvalue weighted by Crippen LogP contribution is 2.28. The molecule has 1 rings (SSSR count). The lowest BCUT2D eigenvalue weighted by atomic mass is 9.92. The van der Waals surface area contributed by atoms with Crippen molar-refractivity contribution in [3.05, 3.63) is 33.9 Å². The molecule has 0 aliphatic carbocycles. The molecule has 21 heavy (non-hydrogen) atoms. The summed E-state index contributed by atoms with van der Waals surface area (Å²) < 4.78 is 0. The summed E-state index contributed by atoms with van der Waals surface area (Å²) in [4.78, 5) is 33.0. The van der Waals surface area contributed by atoms with E-state index >= 15 is 0 Å². The number of carbonyl (C=O) groups excluding carboxylic acids is 1. The van der Waals surface area contributed by atoms with E-state index in [2.05, 4.69) is 5.32 Å². The number of carbonyl (C=O) groups is 2. The van der Waals surface area contributed by atoms with Crippen LogP contribution in [0.3, 0.4) is 0 Å². The van der Waals surface area contributed by atoms with Gasteiger partial charge in [-0.2, -0.15) is 0 Å². The Morgan fingerprint density at radius 1 is 1.38 bits per heavy atom. The van der Waals surface area contributed by atoms with Crippen LogP contribution in [0, 0.1) is 10.1 Å². The zero-order valence-corrected chi connectivity index (χ0v) is 11.8. The zero-order valence-electron chi connectivity index (χ0n) is 11.8. The fourth-order valence-corrected chi connectivity index (χ4v) is 2.00. The Balaban J connectivity index is 3.33. The first-order valence-corrected chi connectivity index (χ1v) is 6.37. The van der Waals surface area contributed by atoms with Crippen LogP contribution in [0.25, 0.3) is 0 Å². The summed E-state index contributed by atoms with van der Waals surface area (Å²) in [5.41, 5.74) is 3.71. The molecular weight excluding hydrogens is 278 g/mol. The van der Waals surface area contributed by atoms with E-state index in [-0.39, 0.29) is 29.8 Å². The van der Waals surface area contributed by atoms with Gasteiger partial charge in [0, 0.05) is 17.8 Å². The number of amides is 1. The number of benzene rings is 1. The maximum atomic E-state index is 11.5. The highest BCUT2D eigenvalue weighted by Gasteiger charge is 2.35. The summed E-state index contributed by atoms with van der Waals surface area (Å²) in [7, 11) is 0. The maximum Gasteiger partial charge on any atom is 0.329 e. The fourth-order valence-electron chi connectivity index (χ4n) is 2.00. The third-order valence-electron chi connectivity index (χ3n) is 3.47. The summed E-state index contributed by atoms with van der Waals surface area (Å²) in [5.74, 6) is -1.94. The molecule has 0 spiro atoms. The number of nitrogens with one attached hydrogen (secondary N) is 1. The Kier molecular flexibility index (Phi) is 4.85. The average molecular weight is 295 g/mol. The molecule has 4 N–H and O–H groups in total. The van der Waals surface area contributed by atoms with E-state index in [1.54, 1.807) is 13.8 Å². The van der Waals surface area contributed by atoms with Gasteiger partial charge in [-0.1, -0.05) is 13.8 Å². The minimum atomic E-state index is -1.26. The standard InChI is InChI=1S/C13H17N3O5/c1-3-13(4-2,12(18)19)15-10-6-5-8(16(20)21)7-9(10)11(14)17/h5-7,15H,3-4H2,1-2H3,(H2,14,17)(H,18,19). The molecule has 0 bridgehead atoms. The summed E-state index contributed by atoms with van der Waals surface area (Å²) in [6, 6.07) is 3.51. The molecular formula is C13H17N3O5. The van der Waals surface area contributed by atoms with E-state index in [1.807, 2.05) is 0 Å². The van der Waals surface area contributed by atoms with Gasteiger partial charge in [-0.05, 0) is 18.9 Å². The first-order valence-electron chi connectivity index (χ1n) is 6.37. The number of non-ortho nitro benzene ring substituents is 1. The molecule has 1 aromatic carbocycles. The molecule has 0 unspecified atom stereocenters. The van der Waals surface area contributed by atoms with Crippen molar-refractivity contribution in [3.8, 4) is 0 Å².